The highest BCUT2D eigenvalue weighted by Crippen LogP contribution is 2.19. The standard InChI is InChI=1S/C5H9NS/c1-4-5(2)7-3-6-4/h3-5H,1-2H3/t4?,5-/m0/s1. The molecule has 1 rings (SSSR count). The smallest absolute Gasteiger partial charge is 0.0597 e. The molecule has 0 spiro atoms. The predicted molar refractivity (Wildman–Crippen MR) is 35.0 cm³/mol. The first-order valence-corrected chi connectivity index (χ1v) is 3.42. The summed E-state index contributed by atoms with van der Waals surface area (Å²) in [6.45, 7) is 4.34. The summed E-state index contributed by atoms with van der Waals surface area (Å²) in [6.07, 6.45) is 0. The lowest BCUT2D eigenvalue weighted by molar-refractivity contribution is 0.751. The molecule has 1 heterocycles. The molecule has 0 amide bonds. The summed E-state index contributed by atoms with van der Waals surface area (Å²) in [5.74, 6) is 0. The van der Waals surface area contributed by atoms with Crippen molar-refractivity contribution in [1.82, 2.24) is 0 Å². The Hall–Kier alpha value is 0.0200. The summed E-state index contributed by atoms with van der Waals surface area (Å²) >= 11 is 1.81. The Balaban J connectivity index is 2.45. The van der Waals surface area contributed by atoms with Gasteiger partial charge in [-0.1, -0.05) is 6.92 Å². The molecule has 2 heteroatoms. The summed E-state index contributed by atoms with van der Waals surface area (Å²) in [7, 11) is 0. The van der Waals surface area contributed by atoms with E-state index in [4.69, 9.17) is 0 Å². The van der Waals surface area contributed by atoms with Crippen molar-refractivity contribution in [2.75, 3.05) is 0 Å². The fourth-order valence-electron chi connectivity index (χ4n) is 0.462. The van der Waals surface area contributed by atoms with Crippen molar-refractivity contribution in [1.29, 1.82) is 0 Å². The van der Waals surface area contributed by atoms with Crippen molar-refractivity contribution in [3.63, 3.8) is 0 Å². The van der Waals surface area contributed by atoms with Crippen molar-refractivity contribution in [3.05, 3.63) is 0 Å². The minimum absolute atomic E-state index is 0.546. The monoisotopic (exact) mass is 115 g/mol. The molecular weight excluding hydrogens is 106 g/mol. The predicted octanol–water partition coefficient (Wildman–Crippen LogP) is 1.54. The first-order valence-electron chi connectivity index (χ1n) is 2.48. The van der Waals surface area contributed by atoms with Crippen molar-refractivity contribution in [2.24, 2.45) is 4.99 Å². The molecule has 2 atom stereocenters. The second-order valence-corrected chi connectivity index (χ2v) is 3.06. The molecule has 1 unspecified atom stereocenters. The average molecular weight is 115 g/mol. The fourth-order valence-corrected chi connectivity index (χ4v) is 1.21. The van der Waals surface area contributed by atoms with Crippen LogP contribution in [0.25, 0.3) is 0 Å². The van der Waals surface area contributed by atoms with Crippen LogP contribution in [0.5, 0.6) is 0 Å². The van der Waals surface area contributed by atoms with E-state index < -0.39 is 0 Å². The number of hydrogen-bond acceptors (Lipinski definition) is 2. The van der Waals surface area contributed by atoms with Gasteiger partial charge in [0.15, 0.2) is 0 Å². The van der Waals surface area contributed by atoms with Gasteiger partial charge in [0.1, 0.15) is 0 Å². The van der Waals surface area contributed by atoms with Gasteiger partial charge in [-0.2, -0.15) is 0 Å². The summed E-state index contributed by atoms with van der Waals surface area (Å²) in [5.41, 5.74) is 1.94. The van der Waals surface area contributed by atoms with E-state index in [1.54, 1.807) is 0 Å². The van der Waals surface area contributed by atoms with Crippen molar-refractivity contribution >= 4 is 17.3 Å². The molecule has 0 aromatic rings. The summed E-state index contributed by atoms with van der Waals surface area (Å²) in [6, 6.07) is 0.546. The zero-order valence-electron chi connectivity index (χ0n) is 4.59. The van der Waals surface area contributed by atoms with Gasteiger partial charge in [-0.25, -0.2) is 0 Å². The van der Waals surface area contributed by atoms with Crippen LogP contribution in [0.2, 0.25) is 0 Å². The minimum atomic E-state index is 0.546. The van der Waals surface area contributed by atoms with Crippen LogP contribution in [0, 0.1) is 0 Å². The maximum atomic E-state index is 4.16. The van der Waals surface area contributed by atoms with Crippen LogP contribution in [0.15, 0.2) is 4.99 Å². The first kappa shape index (κ1) is 5.16. The third-order valence-corrected chi connectivity index (χ3v) is 2.32. The number of rotatable bonds is 0. The molecule has 0 aromatic carbocycles. The lowest BCUT2D eigenvalue weighted by atomic mass is 10.3. The maximum Gasteiger partial charge on any atom is 0.0597 e. The quantitative estimate of drug-likeness (QED) is 0.466. The van der Waals surface area contributed by atoms with Crippen LogP contribution < -0.4 is 0 Å². The van der Waals surface area contributed by atoms with Gasteiger partial charge in [-0.05, 0) is 6.92 Å². The van der Waals surface area contributed by atoms with Crippen LogP contribution >= 0.6 is 11.8 Å². The Bertz CT molecular complexity index is 90.1. The van der Waals surface area contributed by atoms with Crippen molar-refractivity contribution in [3.8, 4) is 0 Å². The molecule has 7 heavy (non-hydrogen) atoms. The Kier molecular flexibility index (Phi) is 1.38. The lowest BCUT2D eigenvalue weighted by Gasteiger charge is -2.02. The SMILES string of the molecule is CC1N=CS[C@H]1C. The number of nitrogens with zero attached hydrogens (tertiary/aromatic N) is 1. The molecule has 1 nitrogen and oxygen atoms in total. The highest BCUT2D eigenvalue weighted by molar-refractivity contribution is 8.12. The topological polar surface area (TPSA) is 12.4 Å². The summed E-state index contributed by atoms with van der Waals surface area (Å²) < 4.78 is 0. The highest BCUT2D eigenvalue weighted by atomic mass is 32.2. The van der Waals surface area contributed by atoms with Gasteiger partial charge in [0, 0.05) is 5.25 Å². The second-order valence-electron chi connectivity index (χ2n) is 1.84. The zero-order valence-corrected chi connectivity index (χ0v) is 5.40. The van der Waals surface area contributed by atoms with E-state index in [-0.39, 0.29) is 0 Å². The fraction of sp³-hybridized carbons (Fsp3) is 0.800. The van der Waals surface area contributed by atoms with Crippen LogP contribution in [0.4, 0.5) is 0 Å². The van der Waals surface area contributed by atoms with Gasteiger partial charge in [0.05, 0.1) is 11.6 Å². The van der Waals surface area contributed by atoms with E-state index in [2.05, 4.69) is 18.8 Å². The van der Waals surface area contributed by atoms with Crippen LogP contribution in [-0.2, 0) is 0 Å². The van der Waals surface area contributed by atoms with E-state index in [1.807, 2.05) is 17.3 Å². The van der Waals surface area contributed by atoms with E-state index in [9.17, 15) is 0 Å². The highest BCUT2D eigenvalue weighted by Gasteiger charge is 2.13. The summed E-state index contributed by atoms with van der Waals surface area (Å²) in [5, 5.41) is 0.708. The molecular formula is C5H9NS. The number of thioether (sulfide) groups is 1. The van der Waals surface area contributed by atoms with Gasteiger partial charge in [0.2, 0.25) is 0 Å². The van der Waals surface area contributed by atoms with Gasteiger partial charge in [-0.15, -0.1) is 11.8 Å². The molecule has 0 radical (unpaired) electrons. The Labute approximate surface area is 48.2 Å². The van der Waals surface area contributed by atoms with Gasteiger partial charge in [0.25, 0.3) is 0 Å². The third-order valence-electron chi connectivity index (χ3n) is 1.25. The molecule has 0 aromatic heterocycles. The van der Waals surface area contributed by atoms with Crippen molar-refractivity contribution in [2.45, 2.75) is 25.1 Å². The molecule has 1 aliphatic rings. The van der Waals surface area contributed by atoms with Crippen LogP contribution in [0.3, 0.4) is 0 Å². The molecule has 40 valence electrons. The van der Waals surface area contributed by atoms with Crippen LogP contribution in [0.1, 0.15) is 13.8 Å². The molecule has 1 aliphatic heterocycles. The Morgan fingerprint density at radius 2 is 2.29 bits per heavy atom. The third kappa shape index (κ3) is 0.969. The molecule has 0 saturated carbocycles. The molecule has 0 saturated heterocycles. The lowest BCUT2D eigenvalue weighted by Crippen LogP contribution is -2.06. The zero-order chi connectivity index (χ0) is 5.28. The van der Waals surface area contributed by atoms with Crippen molar-refractivity contribution < 1.29 is 0 Å². The number of aliphatic imine (C=N–C) groups is 1. The normalized spacial score (nSPS) is 39.7. The summed E-state index contributed by atoms with van der Waals surface area (Å²) in [4.78, 5) is 4.16. The second kappa shape index (κ2) is 1.86. The van der Waals surface area contributed by atoms with E-state index in [0.717, 1.165) is 0 Å². The first-order chi connectivity index (χ1) is 3.30. The largest absolute Gasteiger partial charge is 0.282 e. The molecule has 0 fully saturated rings. The van der Waals surface area contributed by atoms with E-state index >= 15 is 0 Å². The van der Waals surface area contributed by atoms with E-state index in [0.29, 0.717) is 11.3 Å². The number of hydrogen-bond donors (Lipinski definition) is 0. The van der Waals surface area contributed by atoms with Crippen LogP contribution in [-0.4, -0.2) is 16.8 Å². The Morgan fingerprint density at radius 1 is 1.57 bits per heavy atom. The maximum absolute atomic E-state index is 4.16. The van der Waals surface area contributed by atoms with Gasteiger partial charge >= 0.3 is 0 Å². The van der Waals surface area contributed by atoms with Gasteiger partial charge < -0.3 is 0 Å². The molecule has 0 N–H and O–H groups in total. The molecule has 0 bridgehead atoms. The Morgan fingerprint density at radius 3 is 2.43 bits per heavy atom. The molecule has 0 aliphatic carbocycles. The average Bonchev–Trinajstić information content (AvgIpc) is 1.91. The minimum Gasteiger partial charge on any atom is -0.282 e. The van der Waals surface area contributed by atoms with Gasteiger partial charge in [-0.3, -0.25) is 4.99 Å². The van der Waals surface area contributed by atoms with E-state index in [1.165, 1.54) is 0 Å².